The van der Waals surface area contributed by atoms with Crippen LogP contribution in [0.25, 0.3) is 0 Å². The summed E-state index contributed by atoms with van der Waals surface area (Å²) in [6, 6.07) is 9.07. The van der Waals surface area contributed by atoms with Gasteiger partial charge in [0, 0.05) is 6.54 Å². The Morgan fingerprint density at radius 1 is 1.08 bits per heavy atom. The first-order chi connectivity index (χ1) is 11.3. The van der Waals surface area contributed by atoms with Crippen LogP contribution >= 0.6 is 0 Å². The lowest BCUT2D eigenvalue weighted by Crippen LogP contribution is -2.39. The van der Waals surface area contributed by atoms with Gasteiger partial charge in [-0.1, -0.05) is 29.8 Å². The van der Waals surface area contributed by atoms with E-state index in [1.807, 2.05) is 31.2 Å². The van der Waals surface area contributed by atoms with Gasteiger partial charge < -0.3 is 5.32 Å². The minimum absolute atomic E-state index is 0.380. The second-order valence-electron chi connectivity index (χ2n) is 5.79. The Morgan fingerprint density at radius 2 is 1.71 bits per heavy atom. The van der Waals surface area contributed by atoms with Gasteiger partial charge in [0.25, 0.3) is 0 Å². The maximum absolute atomic E-state index is 13.6. The van der Waals surface area contributed by atoms with E-state index in [-0.39, 0.29) is 5.69 Å². The van der Waals surface area contributed by atoms with Gasteiger partial charge in [-0.15, -0.1) is 0 Å². The molecule has 1 atom stereocenters. The molecule has 0 aliphatic rings. The zero-order valence-corrected chi connectivity index (χ0v) is 13.7. The van der Waals surface area contributed by atoms with Crippen LogP contribution in [0.4, 0.5) is 18.9 Å². The fraction of sp³-hybridized carbons (Fsp3) is 0.278. The Bertz CT molecular complexity index is 732. The molecule has 0 fully saturated rings. The van der Waals surface area contributed by atoms with Gasteiger partial charge in [0.05, 0.1) is 11.7 Å². The van der Waals surface area contributed by atoms with Crippen LogP contribution < -0.4 is 5.32 Å². The molecule has 2 rings (SSSR count). The third-order valence-corrected chi connectivity index (χ3v) is 3.89. The zero-order chi connectivity index (χ0) is 17.9. The molecule has 0 saturated heterocycles. The van der Waals surface area contributed by atoms with Gasteiger partial charge in [-0.25, -0.2) is 13.2 Å². The molecule has 0 spiro atoms. The first-order valence-electron chi connectivity index (χ1n) is 7.49. The lowest BCUT2D eigenvalue weighted by atomic mass is 10.1. The average Bonchev–Trinajstić information content (AvgIpc) is 2.56. The van der Waals surface area contributed by atoms with Crippen molar-refractivity contribution < 1.29 is 18.0 Å². The number of likely N-dealkylation sites (N-methyl/N-ethyl adjacent to an activating group) is 1. The van der Waals surface area contributed by atoms with Crippen molar-refractivity contribution in [3.05, 3.63) is 65.0 Å². The van der Waals surface area contributed by atoms with E-state index in [0.29, 0.717) is 6.54 Å². The van der Waals surface area contributed by atoms with Gasteiger partial charge >= 0.3 is 0 Å². The summed E-state index contributed by atoms with van der Waals surface area (Å²) in [6.45, 7) is 4.16. The maximum atomic E-state index is 13.6. The molecule has 24 heavy (non-hydrogen) atoms. The van der Waals surface area contributed by atoms with Gasteiger partial charge in [-0.05, 0) is 38.6 Å². The number of aryl methyl sites for hydroxylation is 1. The second kappa shape index (κ2) is 7.49. The van der Waals surface area contributed by atoms with Crippen molar-refractivity contribution >= 4 is 11.6 Å². The number of carbonyl (C=O) groups is 1. The molecule has 3 nitrogen and oxygen atoms in total. The van der Waals surface area contributed by atoms with Crippen LogP contribution in [0.3, 0.4) is 0 Å². The van der Waals surface area contributed by atoms with E-state index >= 15 is 0 Å². The van der Waals surface area contributed by atoms with E-state index < -0.39 is 29.4 Å². The molecule has 0 radical (unpaired) electrons. The number of anilines is 1. The standard InChI is InChI=1S/C18H19F3N2O/c1-11-4-6-13(7-5-11)10-23(3)12(2)18(24)22-15-9-8-14(19)16(20)17(15)21/h4-9,12H,10H2,1-3H3,(H,22,24)/t12-/m0/s1. The highest BCUT2D eigenvalue weighted by Crippen LogP contribution is 2.20. The van der Waals surface area contributed by atoms with Gasteiger partial charge in [0.2, 0.25) is 5.91 Å². The number of rotatable bonds is 5. The predicted octanol–water partition coefficient (Wildman–Crippen LogP) is 3.87. The fourth-order valence-electron chi connectivity index (χ4n) is 2.18. The molecule has 1 N–H and O–H groups in total. The third kappa shape index (κ3) is 4.14. The molecule has 6 heteroatoms. The number of hydrogen-bond acceptors (Lipinski definition) is 2. The van der Waals surface area contributed by atoms with Crippen molar-refractivity contribution in [2.75, 3.05) is 12.4 Å². The van der Waals surface area contributed by atoms with Crippen molar-refractivity contribution in [1.29, 1.82) is 0 Å². The first-order valence-corrected chi connectivity index (χ1v) is 7.49. The van der Waals surface area contributed by atoms with Crippen LogP contribution in [-0.4, -0.2) is 23.9 Å². The SMILES string of the molecule is Cc1ccc(CN(C)[C@@H](C)C(=O)Nc2ccc(F)c(F)c2F)cc1. The highest BCUT2D eigenvalue weighted by molar-refractivity contribution is 5.94. The highest BCUT2D eigenvalue weighted by Gasteiger charge is 2.21. The van der Waals surface area contributed by atoms with Crippen molar-refractivity contribution in [2.45, 2.75) is 26.4 Å². The molecule has 2 aromatic rings. The Labute approximate surface area is 139 Å². The molecule has 0 aliphatic carbocycles. The Kier molecular flexibility index (Phi) is 5.62. The van der Waals surface area contributed by atoms with Crippen molar-refractivity contribution in [3.8, 4) is 0 Å². The van der Waals surface area contributed by atoms with Crippen LogP contribution in [0.5, 0.6) is 0 Å². The van der Waals surface area contributed by atoms with Crippen LogP contribution in [0, 0.1) is 24.4 Å². The molecule has 0 unspecified atom stereocenters. The number of carbonyl (C=O) groups excluding carboxylic acids is 1. The molecule has 1 amide bonds. The van der Waals surface area contributed by atoms with Crippen molar-refractivity contribution in [3.63, 3.8) is 0 Å². The molecule has 0 aliphatic heterocycles. The van der Waals surface area contributed by atoms with Crippen LogP contribution in [-0.2, 0) is 11.3 Å². The van der Waals surface area contributed by atoms with Crippen molar-refractivity contribution in [2.24, 2.45) is 0 Å². The fourth-order valence-corrected chi connectivity index (χ4v) is 2.18. The average molecular weight is 336 g/mol. The Balaban J connectivity index is 2.03. The van der Waals surface area contributed by atoms with Crippen LogP contribution in [0.2, 0.25) is 0 Å². The summed E-state index contributed by atoms with van der Waals surface area (Å²) in [5.74, 6) is -4.81. The van der Waals surface area contributed by atoms with Crippen LogP contribution in [0.15, 0.2) is 36.4 Å². The minimum atomic E-state index is -1.60. The maximum Gasteiger partial charge on any atom is 0.241 e. The number of benzene rings is 2. The Hall–Kier alpha value is -2.34. The van der Waals surface area contributed by atoms with E-state index in [9.17, 15) is 18.0 Å². The highest BCUT2D eigenvalue weighted by atomic mass is 19.2. The normalized spacial score (nSPS) is 12.3. The molecule has 128 valence electrons. The number of nitrogens with zero attached hydrogens (tertiary/aromatic N) is 1. The Morgan fingerprint density at radius 3 is 2.33 bits per heavy atom. The van der Waals surface area contributed by atoms with Gasteiger partial charge in [0.15, 0.2) is 17.5 Å². The summed E-state index contributed by atoms with van der Waals surface area (Å²) in [6.07, 6.45) is 0. The third-order valence-electron chi connectivity index (χ3n) is 3.89. The lowest BCUT2D eigenvalue weighted by molar-refractivity contribution is -0.120. The van der Waals surface area contributed by atoms with Gasteiger partial charge in [-0.3, -0.25) is 9.69 Å². The van der Waals surface area contributed by atoms with Gasteiger partial charge in [-0.2, -0.15) is 0 Å². The molecule has 0 saturated carbocycles. The number of hydrogen-bond donors (Lipinski definition) is 1. The molecule has 0 aromatic heterocycles. The summed E-state index contributed by atoms with van der Waals surface area (Å²) in [7, 11) is 1.76. The smallest absolute Gasteiger partial charge is 0.241 e. The summed E-state index contributed by atoms with van der Waals surface area (Å²) in [5, 5.41) is 2.29. The monoisotopic (exact) mass is 336 g/mol. The predicted molar refractivity (Wildman–Crippen MR) is 87.1 cm³/mol. The minimum Gasteiger partial charge on any atom is -0.322 e. The van der Waals surface area contributed by atoms with Crippen LogP contribution in [0.1, 0.15) is 18.1 Å². The van der Waals surface area contributed by atoms with E-state index in [1.54, 1.807) is 18.9 Å². The quantitative estimate of drug-likeness (QED) is 0.841. The van der Waals surface area contributed by atoms with Crippen molar-refractivity contribution in [1.82, 2.24) is 4.90 Å². The van der Waals surface area contributed by atoms with Gasteiger partial charge in [0.1, 0.15) is 0 Å². The van der Waals surface area contributed by atoms with E-state index in [4.69, 9.17) is 0 Å². The number of nitrogens with one attached hydrogen (secondary N) is 1. The zero-order valence-electron chi connectivity index (χ0n) is 13.7. The first kappa shape index (κ1) is 18.0. The van der Waals surface area contributed by atoms with E-state index in [2.05, 4.69) is 5.32 Å². The topological polar surface area (TPSA) is 32.3 Å². The molecule has 0 bridgehead atoms. The summed E-state index contributed by atoms with van der Waals surface area (Å²) < 4.78 is 39.8. The second-order valence-corrected chi connectivity index (χ2v) is 5.79. The summed E-state index contributed by atoms with van der Waals surface area (Å²) in [5.41, 5.74) is 1.79. The lowest BCUT2D eigenvalue weighted by Gasteiger charge is -2.24. The summed E-state index contributed by atoms with van der Waals surface area (Å²) >= 11 is 0. The van der Waals surface area contributed by atoms with E-state index in [0.717, 1.165) is 23.3 Å². The number of halogens is 3. The molecule has 0 heterocycles. The molecule has 2 aromatic carbocycles. The number of amides is 1. The summed E-state index contributed by atoms with van der Waals surface area (Å²) in [4.78, 5) is 14.0. The van der Waals surface area contributed by atoms with E-state index in [1.165, 1.54) is 0 Å². The molecular weight excluding hydrogens is 317 g/mol. The largest absolute Gasteiger partial charge is 0.322 e. The molecular formula is C18H19F3N2O.